The minimum Gasteiger partial charge on any atom is -0.480 e. The quantitative estimate of drug-likeness (QED) is 0.838. The van der Waals surface area contributed by atoms with Gasteiger partial charge in [0.2, 0.25) is 0 Å². The molecule has 0 atom stereocenters. The normalized spacial score (nSPS) is 14.2. The number of nitrogens with one attached hydrogen (secondary N) is 1. The van der Waals surface area contributed by atoms with E-state index in [1.54, 1.807) is 11.3 Å². The minimum absolute atomic E-state index is 0.262. The van der Waals surface area contributed by atoms with Crippen molar-refractivity contribution in [1.82, 2.24) is 5.32 Å². The molecular formula is C11H13NO3S. The van der Waals surface area contributed by atoms with Gasteiger partial charge in [-0.15, -0.1) is 11.3 Å². The van der Waals surface area contributed by atoms with Crippen LogP contribution in [0.1, 0.15) is 33.6 Å². The maximum atomic E-state index is 11.7. The van der Waals surface area contributed by atoms with Crippen molar-refractivity contribution in [2.45, 2.75) is 25.7 Å². The van der Waals surface area contributed by atoms with E-state index in [9.17, 15) is 9.59 Å². The van der Waals surface area contributed by atoms with Gasteiger partial charge in [-0.1, -0.05) is 0 Å². The Morgan fingerprint density at radius 1 is 1.38 bits per heavy atom. The highest BCUT2D eigenvalue weighted by atomic mass is 32.1. The number of rotatable bonds is 3. The third-order valence-electron chi connectivity index (χ3n) is 2.71. The van der Waals surface area contributed by atoms with E-state index >= 15 is 0 Å². The molecule has 0 bridgehead atoms. The Labute approximate surface area is 97.3 Å². The molecule has 16 heavy (non-hydrogen) atoms. The number of carboxylic acid groups (broad SMARTS) is 1. The molecule has 2 rings (SSSR count). The molecule has 0 aliphatic heterocycles. The third kappa shape index (κ3) is 2.24. The summed E-state index contributed by atoms with van der Waals surface area (Å²) in [5, 5.41) is 12.7. The molecule has 1 aliphatic rings. The standard InChI is InChI=1S/C11H13NO3S/c13-10(14)5-12-11(15)8-6-16-9-4-2-1-3-7(8)9/h6H,1-5H2,(H,12,15)(H,13,14). The molecule has 0 radical (unpaired) electrons. The van der Waals surface area contributed by atoms with Crippen molar-refractivity contribution in [2.75, 3.05) is 6.54 Å². The summed E-state index contributed by atoms with van der Waals surface area (Å²) >= 11 is 1.61. The molecule has 1 aromatic rings. The van der Waals surface area contributed by atoms with E-state index < -0.39 is 5.97 Å². The summed E-state index contributed by atoms with van der Waals surface area (Å²) in [5.41, 5.74) is 1.79. The number of hydrogen-bond donors (Lipinski definition) is 2. The summed E-state index contributed by atoms with van der Waals surface area (Å²) in [6.07, 6.45) is 4.29. The van der Waals surface area contributed by atoms with Crippen LogP contribution in [-0.4, -0.2) is 23.5 Å². The van der Waals surface area contributed by atoms with Crippen molar-refractivity contribution in [3.63, 3.8) is 0 Å². The Kier molecular flexibility index (Phi) is 3.24. The van der Waals surface area contributed by atoms with Crippen LogP contribution in [0.3, 0.4) is 0 Å². The summed E-state index contributed by atoms with van der Waals surface area (Å²) in [6, 6.07) is 0. The van der Waals surface area contributed by atoms with Gasteiger partial charge in [0.05, 0.1) is 5.56 Å². The lowest BCUT2D eigenvalue weighted by Crippen LogP contribution is -2.29. The van der Waals surface area contributed by atoms with E-state index in [0.29, 0.717) is 5.56 Å². The summed E-state index contributed by atoms with van der Waals surface area (Å²) in [6.45, 7) is -0.316. The smallest absolute Gasteiger partial charge is 0.322 e. The Bertz CT molecular complexity index is 425. The molecule has 0 aromatic carbocycles. The Balaban J connectivity index is 2.11. The van der Waals surface area contributed by atoms with Crippen molar-refractivity contribution < 1.29 is 14.7 Å². The van der Waals surface area contributed by atoms with Crippen molar-refractivity contribution >= 4 is 23.2 Å². The topological polar surface area (TPSA) is 66.4 Å². The van der Waals surface area contributed by atoms with E-state index in [1.165, 1.54) is 11.3 Å². The van der Waals surface area contributed by atoms with Crippen LogP contribution in [0.4, 0.5) is 0 Å². The van der Waals surface area contributed by atoms with E-state index in [1.807, 2.05) is 5.38 Å². The van der Waals surface area contributed by atoms with Gasteiger partial charge in [-0.25, -0.2) is 0 Å². The molecule has 1 heterocycles. The van der Waals surface area contributed by atoms with E-state index in [2.05, 4.69) is 5.32 Å². The van der Waals surface area contributed by atoms with Gasteiger partial charge in [-0.05, 0) is 31.2 Å². The lowest BCUT2D eigenvalue weighted by molar-refractivity contribution is -0.135. The number of hydrogen-bond acceptors (Lipinski definition) is 3. The molecule has 1 aromatic heterocycles. The number of carbonyl (C=O) groups is 2. The van der Waals surface area contributed by atoms with Crippen LogP contribution in [0, 0.1) is 0 Å². The number of fused-ring (bicyclic) bond motifs is 1. The Morgan fingerprint density at radius 3 is 2.88 bits per heavy atom. The zero-order valence-corrected chi connectivity index (χ0v) is 9.60. The second kappa shape index (κ2) is 4.65. The second-order valence-corrected chi connectivity index (χ2v) is 4.80. The number of aryl methyl sites for hydroxylation is 1. The number of thiophene rings is 1. The first-order valence-electron chi connectivity index (χ1n) is 5.27. The van der Waals surface area contributed by atoms with Gasteiger partial charge in [0.15, 0.2) is 0 Å². The average Bonchev–Trinajstić information content (AvgIpc) is 2.69. The van der Waals surface area contributed by atoms with Crippen LogP contribution in [0.15, 0.2) is 5.38 Å². The molecule has 1 aliphatic carbocycles. The molecular weight excluding hydrogens is 226 g/mol. The molecule has 86 valence electrons. The van der Waals surface area contributed by atoms with Crippen LogP contribution in [0.25, 0.3) is 0 Å². The van der Waals surface area contributed by atoms with Crippen LogP contribution in [-0.2, 0) is 17.6 Å². The Hall–Kier alpha value is -1.36. The highest BCUT2D eigenvalue weighted by Gasteiger charge is 2.20. The molecule has 5 heteroatoms. The first-order valence-corrected chi connectivity index (χ1v) is 6.15. The molecule has 0 saturated carbocycles. The number of carboxylic acids is 1. The molecule has 0 saturated heterocycles. The third-order valence-corrected chi connectivity index (χ3v) is 3.79. The average molecular weight is 239 g/mol. The first kappa shape index (κ1) is 11.1. The van der Waals surface area contributed by atoms with E-state index in [0.717, 1.165) is 24.8 Å². The maximum absolute atomic E-state index is 11.7. The van der Waals surface area contributed by atoms with Gasteiger partial charge in [-0.2, -0.15) is 0 Å². The predicted octanol–water partition coefficient (Wildman–Crippen LogP) is 1.44. The SMILES string of the molecule is O=C(O)CNC(=O)c1csc2c1CCCC2. The lowest BCUT2D eigenvalue weighted by Gasteiger charge is -2.12. The summed E-state index contributed by atoms with van der Waals surface area (Å²) in [5.74, 6) is -1.28. The monoisotopic (exact) mass is 239 g/mol. The van der Waals surface area contributed by atoms with Crippen molar-refractivity contribution in [1.29, 1.82) is 0 Å². The molecule has 2 N–H and O–H groups in total. The fourth-order valence-corrected chi connectivity index (χ4v) is 3.06. The van der Waals surface area contributed by atoms with Crippen molar-refractivity contribution in [3.05, 3.63) is 21.4 Å². The summed E-state index contributed by atoms with van der Waals surface area (Å²) in [4.78, 5) is 23.3. The molecule has 0 spiro atoms. The Morgan fingerprint density at radius 2 is 2.12 bits per heavy atom. The first-order chi connectivity index (χ1) is 7.68. The maximum Gasteiger partial charge on any atom is 0.322 e. The molecule has 0 fully saturated rings. The lowest BCUT2D eigenvalue weighted by atomic mass is 9.96. The zero-order chi connectivity index (χ0) is 11.5. The van der Waals surface area contributed by atoms with Gasteiger partial charge in [0, 0.05) is 10.3 Å². The van der Waals surface area contributed by atoms with E-state index in [4.69, 9.17) is 5.11 Å². The number of amides is 1. The number of carbonyl (C=O) groups excluding carboxylic acids is 1. The highest BCUT2D eigenvalue weighted by Crippen LogP contribution is 2.29. The van der Waals surface area contributed by atoms with E-state index in [-0.39, 0.29) is 12.5 Å². The molecule has 4 nitrogen and oxygen atoms in total. The van der Waals surface area contributed by atoms with Crippen LogP contribution in [0.5, 0.6) is 0 Å². The summed E-state index contributed by atoms with van der Waals surface area (Å²) < 4.78 is 0. The van der Waals surface area contributed by atoms with Crippen LogP contribution >= 0.6 is 11.3 Å². The fraction of sp³-hybridized carbons (Fsp3) is 0.455. The van der Waals surface area contributed by atoms with Crippen LogP contribution in [0.2, 0.25) is 0 Å². The van der Waals surface area contributed by atoms with Crippen LogP contribution < -0.4 is 5.32 Å². The minimum atomic E-state index is -1.02. The second-order valence-electron chi connectivity index (χ2n) is 3.83. The zero-order valence-electron chi connectivity index (χ0n) is 8.78. The van der Waals surface area contributed by atoms with Gasteiger partial charge in [0.1, 0.15) is 6.54 Å². The van der Waals surface area contributed by atoms with Gasteiger partial charge in [-0.3, -0.25) is 9.59 Å². The van der Waals surface area contributed by atoms with Crippen molar-refractivity contribution in [2.24, 2.45) is 0 Å². The summed E-state index contributed by atoms with van der Waals surface area (Å²) in [7, 11) is 0. The van der Waals surface area contributed by atoms with Gasteiger partial charge < -0.3 is 10.4 Å². The highest BCUT2D eigenvalue weighted by molar-refractivity contribution is 7.10. The predicted molar refractivity (Wildman–Crippen MR) is 60.9 cm³/mol. The van der Waals surface area contributed by atoms with Gasteiger partial charge >= 0.3 is 5.97 Å². The number of aliphatic carboxylic acids is 1. The van der Waals surface area contributed by atoms with Gasteiger partial charge in [0.25, 0.3) is 5.91 Å². The van der Waals surface area contributed by atoms with Crippen molar-refractivity contribution in [3.8, 4) is 0 Å². The fourth-order valence-electron chi connectivity index (χ4n) is 1.94. The molecule has 1 amide bonds. The largest absolute Gasteiger partial charge is 0.480 e. The molecule has 0 unspecified atom stereocenters.